The maximum atomic E-state index is 13.0. The number of piperidine rings is 1. The fraction of sp³-hybridized carbons (Fsp3) is 0.632. The zero-order chi connectivity index (χ0) is 16.1. The molecule has 0 bridgehead atoms. The number of rotatable bonds is 5. The Bertz CT molecular complexity index is 480. The van der Waals surface area contributed by atoms with E-state index in [1.165, 1.54) is 6.42 Å². The topological polar surface area (TPSA) is 46.3 Å². The Kier molecular flexibility index (Phi) is 8.07. The van der Waals surface area contributed by atoms with E-state index in [9.17, 15) is 4.79 Å². The second-order valence-electron chi connectivity index (χ2n) is 6.73. The second kappa shape index (κ2) is 9.29. The van der Waals surface area contributed by atoms with Crippen LogP contribution in [0.3, 0.4) is 0 Å². The number of amides is 1. The summed E-state index contributed by atoms with van der Waals surface area (Å²) in [4.78, 5) is 15.1. The number of benzene rings is 1. The van der Waals surface area contributed by atoms with Gasteiger partial charge in [0.25, 0.3) is 0 Å². The highest BCUT2D eigenvalue weighted by atomic mass is 35.5. The van der Waals surface area contributed by atoms with Crippen LogP contribution < -0.4 is 5.73 Å². The lowest BCUT2D eigenvalue weighted by Gasteiger charge is -2.42. The van der Waals surface area contributed by atoms with Crippen molar-refractivity contribution >= 4 is 18.3 Å². The van der Waals surface area contributed by atoms with Crippen molar-refractivity contribution in [3.05, 3.63) is 35.9 Å². The van der Waals surface area contributed by atoms with Crippen molar-refractivity contribution in [3.8, 4) is 0 Å². The van der Waals surface area contributed by atoms with E-state index in [2.05, 4.69) is 18.7 Å². The van der Waals surface area contributed by atoms with Crippen molar-refractivity contribution in [1.82, 2.24) is 4.90 Å². The van der Waals surface area contributed by atoms with Crippen LogP contribution in [0.2, 0.25) is 0 Å². The van der Waals surface area contributed by atoms with Crippen LogP contribution in [-0.2, 0) is 4.79 Å². The van der Waals surface area contributed by atoms with Crippen LogP contribution in [0.15, 0.2) is 30.3 Å². The Hall–Kier alpha value is -1.06. The Morgan fingerprint density at radius 1 is 1.35 bits per heavy atom. The van der Waals surface area contributed by atoms with Crippen molar-refractivity contribution < 1.29 is 4.79 Å². The van der Waals surface area contributed by atoms with E-state index >= 15 is 0 Å². The number of hydrogen-bond acceptors (Lipinski definition) is 2. The zero-order valence-electron chi connectivity index (χ0n) is 14.6. The summed E-state index contributed by atoms with van der Waals surface area (Å²) in [6.45, 7) is 7.34. The van der Waals surface area contributed by atoms with E-state index in [1.807, 2.05) is 37.3 Å². The molecule has 4 atom stereocenters. The van der Waals surface area contributed by atoms with E-state index in [-0.39, 0.29) is 30.3 Å². The van der Waals surface area contributed by atoms with E-state index < -0.39 is 0 Å². The molecule has 1 heterocycles. The molecular weight excluding hydrogens is 308 g/mol. The van der Waals surface area contributed by atoms with E-state index in [0.29, 0.717) is 12.0 Å². The molecule has 2 rings (SSSR count). The minimum Gasteiger partial charge on any atom is -0.339 e. The van der Waals surface area contributed by atoms with Gasteiger partial charge in [-0.15, -0.1) is 12.4 Å². The van der Waals surface area contributed by atoms with Crippen LogP contribution in [0.4, 0.5) is 0 Å². The molecule has 0 aliphatic carbocycles. The third-order valence-corrected chi connectivity index (χ3v) is 5.10. The quantitative estimate of drug-likeness (QED) is 0.875. The van der Waals surface area contributed by atoms with Gasteiger partial charge < -0.3 is 10.6 Å². The molecule has 2 N–H and O–H groups in total. The highest BCUT2D eigenvalue weighted by molar-refractivity contribution is 5.85. The number of nitrogens with zero attached hydrogens (tertiary/aromatic N) is 1. The maximum Gasteiger partial charge on any atom is 0.227 e. The van der Waals surface area contributed by atoms with E-state index in [4.69, 9.17) is 5.73 Å². The highest BCUT2D eigenvalue weighted by Crippen LogP contribution is 2.30. The van der Waals surface area contributed by atoms with Gasteiger partial charge in [0, 0.05) is 18.6 Å². The molecule has 1 fully saturated rings. The molecule has 4 unspecified atom stereocenters. The van der Waals surface area contributed by atoms with Crippen molar-refractivity contribution in [2.45, 2.75) is 58.5 Å². The summed E-state index contributed by atoms with van der Waals surface area (Å²) in [7, 11) is 0. The SMILES string of the molecule is CCCC1C(C)CCCN1C(=O)C(C)C(N)c1ccccc1.Cl. The molecule has 1 aromatic rings. The minimum atomic E-state index is -0.229. The van der Waals surface area contributed by atoms with E-state index in [1.54, 1.807) is 0 Å². The summed E-state index contributed by atoms with van der Waals surface area (Å²) in [6, 6.07) is 10.1. The van der Waals surface area contributed by atoms with Crippen molar-refractivity contribution in [2.24, 2.45) is 17.6 Å². The van der Waals surface area contributed by atoms with Gasteiger partial charge in [-0.3, -0.25) is 4.79 Å². The fourth-order valence-corrected chi connectivity index (χ4v) is 3.64. The lowest BCUT2D eigenvalue weighted by Crippen LogP contribution is -2.50. The summed E-state index contributed by atoms with van der Waals surface area (Å²) < 4.78 is 0. The van der Waals surface area contributed by atoms with Crippen LogP contribution in [-0.4, -0.2) is 23.4 Å². The number of halogens is 1. The number of hydrogen-bond donors (Lipinski definition) is 1. The highest BCUT2D eigenvalue weighted by Gasteiger charge is 2.35. The molecule has 1 aromatic carbocycles. The van der Waals surface area contributed by atoms with Gasteiger partial charge >= 0.3 is 0 Å². The average Bonchev–Trinajstić information content (AvgIpc) is 2.55. The van der Waals surface area contributed by atoms with Gasteiger partial charge in [0.15, 0.2) is 0 Å². The fourth-order valence-electron chi connectivity index (χ4n) is 3.64. The lowest BCUT2D eigenvalue weighted by atomic mass is 9.86. The van der Waals surface area contributed by atoms with Crippen molar-refractivity contribution in [3.63, 3.8) is 0 Å². The molecule has 1 aliphatic rings. The molecule has 1 saturated heterocycles. The molecule has 4 heteroatoms. The number of nitrogens with two attached hydrogens (primary N) is 1. The van der Waals surface area contributed by atoms with Crippen LogP contribution in [0.5, 0.6) is 0 Å². The zero-order valence-corrected chi connectivity index (χ0v) is 15.4. The maximum absolute atomic E-state index is 13.0. The minimum absolute atomic E-state index is 0. The van der Waals surface area contributed by atoms with Crippen LogP contribution in [0, 0.1) is 11.8 Å². The number of carbonyl (C=O) groups excluding carboxylic acids is 1. The largest absolute Gasteiger partial charge is 0.339 e. The van der Waals surface area contributed by atoms with Gasteiger partial charge in [0.05, 0.1) is 5.92 Å². The normalized spacial score (nSPS) is 23.7. The Labute approximate surface area is 147 Å². The smallest absolute Gasteiger partial charge is 0.227 e. The standard InChI is InChI=1S/C19H30N2O.ClH/c1-4-9-17-14(2)10-8-13-21(17)19(22)15(3)18(20)16-11-6-5-7-12-16;/h5-7,11-12,14-15,17-18H,4,8-10,13,20H2,1-3H3;1H. The molecule has 0 saturated carbocycles. The summed E-state index contributed by atoms with van der Waals surface area (Å²) in [5, 5.41) is 0. The molecular formula is C19H31ClN2O. The van der Waals surface area contributed by atoms with Gasteiger partial charge in [-0.2, -0.15) is 0 Å². The Morgan fingerprint density at radius 3 is 2.61 bits per heavy atom. The first-order valence-electron chi connectivity index (χ1n) is 8.67. The van der Waals surface area contributed by atoms with Gasteiger partial charge in [0.1, 0.15) is 0 Å². The molecule has 0 spiro atoms. The predicted octanol–water partition coefficient (Wildman–Crippen LogP) is 4.17. The molecule has 130 valence electrons. The molecule has 1 aliphatic heterocycles. The molecule has 0 radical (unpaired) electrons. The molecule has 23 heavy (non-hydrogen) atoms. The monoisotopic (exact) mass is 338 g/mol. The number of likely N-dealkylation sites (tertiary alicyclic amines) is 1. The van der Waals surface area contributed by atoms with Crippen LogP contribution >= 0.6 is 12.4 Å². The third-order valence-electron chi connectivity index (χ3n) is 5.10. The first-order chi connectivity index (χ1) is 10.6. The first-order valence-corrected chi connectivity index (χ1v) is 8.67. The second-order valence-corrected chi connectivity index (χ2v) is 6.73. The number of carbonyl (C=O) groups is 1. The Balaban J connectivity index is 0.00000264. The molecule has 0 aromatic heterocycles. The summed E-state index contributed by atoms with van der Waals surface area (Å²) in [5.41, 5.74) is 7.39. The molecule has 1 amide bonds. The lowest BCUT2D eigenvalue weighted by molar-refractivity contribution is -0.141. The van der Waals surface area contributed by atoms with Crippen molar-refractivity contribution in [1.29, 1.82) is 0 Å². The summed E-state index contributed by atoms with van der Waals surface area (Å²) in [6.07, 6.45) is 4.56. The van der Waals surface area contributed by atoms with Crippen LogP contribution in [0.25, 0.3) is 0 Å². The van der Waals surface area contributed by atoms with Gasteiger partial charge in [-0.25, -0.2) is 0 Å². The van der Waals surface area contributed by atoms with Crippen LogP contribution in [0.1, 0.15) is 58.1 Å². The third kappa shape index (κ3) is 4.71. The van der Waals surface area contributed by atoms with Gasteiger partial charge in [-0.05, 0) is 30.7 Å². The predicted molar refractivity (Wildman–Crippen MR) is 98.6 cm³/mol. The average molecular weight is 339 g/mol. The Morgan fingerprint density at radius 2 is 2.00 bits per heavy atom. The van der Waals surface area contributed by atoms with Gasteiger partial charge in [0.2, 0.25) is 5.91 Å². The summed E-state index contributed by atoms with van der Waals surface area (Å²) in [5.74, 6) is 0.645. The molecule has 3 nitrogen and oxygen atoms in total. The van der Waals surface area contributed by atoms with E-state index in [0.717, 1.165) is 31.4 Å². The first kappa shape index (κ1) is 20.0. The van der Waals surface area contributed by atoms with Gasteiger partial charge in [-0.1, -0.05) is 57.5 Å². The van der Waals surface area contributed by atoms with Crippen molar-refractivity contribution in [2.75, 3.05) is 6.54 Å². The summed E-state index contributed by atoms with van der Waals surface area (Å²) >= 11 is 0.